The van der Waals surface area contributed by atoms with E-state index in [9.17, 15) is 4.79 Å². The van der Waals surface area contributed by atoms with E-state index in [0.717, 1.165) is 50.0 Å². The minimum atomic E-state index is 0.0187. The Labute approximate surface area is 160 Å². The molecule has 1 aliphatic rings. The Morgan fingerprint density at radius 3 is 2.41 bits per heavy atom. The highest BCUT2D eigenvalue weighted by Gasteiger charge is 2.21. The molecule has 4 nitrogen and oxygen atoms in total. The summed E-state index contributed by atoms with van der Waals surface area (Å²) in [4.78, 5) is 15.5. The van der Waals surface area contributed by atoms with E-state index in [4.69, 9.17) is 0 Å². The monoisotopic (exact) mass is 359 g/mol. The predicted molar refractivity (Wildman–Crippen MR) is 109 cm³/mol. The van der Waals surface area contributed by atoms with Crippen LogP contribution in [0, 0.1) is 0 Å². The summed E-state index contributed by atoms with van der Waals surface area (Å²) in [6, 6.07) is 22.5. The van der Waals surface area contributed by atoms with Gasteiger partial charge in [-0.05, 0) is 43.0 Å². The maximum Gasteiger partial charge on any atom is 0.274 e. The number of aromatic nitrogens is 2. The molecule has 138 valence electrons. The van der Waals surface area contributed by atoms with Crippen molar-refractivity contribution in [2.75, 3.05) is 13.1 Å². The fourth-order valence-corrected chi connectivity index (χ4v) is 3.91. The van der Waals surface area contributed by atoms with Crippen molar-refractivity contribution in [3.05, 3.63) is 88.8 Å². The number of benzene rings is 2. The first-order chi connectivity index (χ1) is 13.3. The van der Waals surface area contributed by atoms with Crippen LogP contribution in [0.1, 0.15) is 30.9 Å². The molecule has 0 aliphatic carbocycles. The lowest BCUT2D eigenvalue weighted by molar-refractivity contribution is 0.270. The van der Waals surface area contributed by atoms with E-state index >= 15 is 0 Å². The lowest BCUT2D eigenvalue weighted by atomic mass is 10.1. The maximum atomic E-state index is 13.0. The summed E-state index contributed by atoms with van der Waals surface area (Å²) in [5.41, 5.74) is 3.05. The topological polar surface area (TPSA) is 38.1 Å². The SMILES string of the molecule is O=c1c(-c2ccccc2)ccnn1C1CCCN(Cc2ccccc2)CC1. The molecule has 3 aromatic rings. The molecule has 0 spiro atoms. The van der Waals surface area contributed by atoms with Gasteiger partial charge >= 0.3 is 0 Å². The van der Waals surface area contributed by atoms with Crippen molar-refractivity contribution in [2.24, 2.45) is 0 Å². The Morgan fingerprint density at radius 2 is 1.63 bits per heavy atom. The molecular formula is C23H25N3O. The molecule has 0 amide bonds. The first kappa shape index (κ1) is 17.7. The maximum absolute atomic E-state index is 13.0. The summed E-state index contributed by atoms with van der Waals surface area (Å²) < 4.78 is 1.72. The Kier molecular flexibility index (Phi) is 5.45. The fourth-order valence-electron chi connectivity index (χ4n) is 3.91. The van der Waals surface area contributed by atoms with E-state index in [1.54, 1.807) is 10.9 Å². The zero-order chi connectivity index (χ0) is 18.5. The van der Waals surface area contributed by atoms with Gasteiger partial charge in [-0.3, -0.25) is 9.69 Å². The van der Waals surface area contributed by atoms with Gasteiger partial charge in [0.2, 0.25) is 0 Å². The first-order valence-electron chi connectivity index (χ1n) is 9.71. The summed E-state index contributed by atoms with van der Waals surface area (Å²) in [7, 11) is 0. The van der Waals surface area contributed by atoms with Crippen LogP contribution in [0.4, 0.5) is 0 Å². The first-order valence-corrected chi connectivity index (χ1v) is 9.71. The van der Waals surface area contributed by atoms with E-state index in [-0.39, 0.29) is 11.6 Å². The molecule has 0 N–H and O–H groups in total. The Bertz CT molecular complexity index is 921. The van der Waals surface area contributed by atoms with Gasteiger partial charge in [-0.1, -0.05) is 60.7 Å². The number of rotatable bonds is 4. The molecule has 1 atom stereocenters. The molecule has 0 radical (unpaired) electrons. The third-order valence-corrected chi connectivity index (χ3v) is 5.34. The average molecular weight is 359 g/mol. The highest BCUT2D eigenvalue weighted by Crippen LogP contribution is 2.23. The molecule has 2 heterocycles. The van der Waals surface area contributed by atoms with Crippen molar-refractivity contribution in [1.82, 2.24) is 14.7 Å². The molecule has 0 bridgehead atoms. The van der Waals surface area contributed by atoms with Crippen LogP contribution in [-0.2, 0) is 6.54 Å². The quantitative estimate of drug-likeness (QED) is 0.703. The van der Waals surface area contributed by atoms with Gasteiger partial charge in [0.25, 0.3) is 5.56 Å². The molecule has 27 heavy (non-hydrogen) atoms. The zero-order valence-electron chi connectivity index (χ0n) is 15.5. The van der Waals surface area contributed by atoms with E-state index < -0.39 is 0 Å². The van der Waals surface area contributed by atoms with Gasteiger partial charge in [-0.2, -0.15) is 5.10 Å². The Hall–Kier alpha value is -2.72. The molecule has 1 fully saturated rings. The van der Waals surface area contributed by atoms with Gasteiger partial charge in [0, 0.05) is 19.3 Å². The summed E-state index contributed by atoms with van der Waals surface area (Å²) >= 11 is 0. The standard InChI is InChI=1S/C23H25N3O/c27-23-22(20-10-5-2-6-11-20)13-15-24-26(23)21-12-7-16-25(17-14-21)18-19-8-3-1-4-9-19/h1-6,8-11,13,15,21H,7,12,14,16-18H2. The number of hydrogen-bond donors (Lipinski definition) is 0. The minimum absolute atomic E-state index is 0.0187. The molecule has 0 saturated carbocycles. The lowest BCUT2D eigenvalue weighted by Gasteiger charge is -2.20. The second kappa shape index (κ2) is 8.31. The van der Waals surface area contributed by atoms with Gasteiger partial charge in [0.1, 0.15) is 0 Å². The summed E-state index contributed by atoms with van der Waals surface area (Å²) in [5, 5.41) is 4.42. The number of nitrogens with zero attached hydrogens (tertiary/aromatic N) is 3. The van der Waals surface area contributed by atoms with Crippen molar-refractivity contribution in [1.29, 1.82) is 0 Å². The van der Waals surface area contributed by atoms with E-state index in [1.807, 2.05) is 36.4 Å². The van der Waals surface area contributed by atoms with Crippen molar-refractivity contribution in [2.45, 2.75) is 31.8 Å². The van der Waals surface area contributed by atoms with Crippen LogP contribution in [0.5, 0.6) is 0 Å². The fraction of sp³-hybridized carbons (Fsp3) is 0.304. The molecule has 1 saturated heterocycles. The van der Waals surface area contributed by atoms with Crippen molar-refractivity contribution in [3.63, 3.8) is 0 Å². The third kappa shape index (κ3) is 4.17. The van der Waals surface area contributed by atoms with Crippen LogP contribution >= 0.6 is 0 Å². The lowest BCUT2D eigenvalue weighted by Crippen LogP contribution is -2.29. The summed E-state index contributed by atoms with van der Waals surface area (Å²) in [5.74, 6) is 0. The Balaban J connectivity index is 1.50. The summed E-state index contributed by atoms with van der Waals surface area (Å²) in [6.45, 7) is 3.03. The molecule has 4 rings (SSSR count). The summed E-state index contributed by atoms with van der Waals surface area (Å²) in [6.07, 6.45) is 4.80. The second-order valence-electron chi connectivity index (χ2n) is 7.21. The molecule has 2 aromatic carbocycles. The van der Waals surface area contributed by atoms with Crippen LogP contribution in [-0.4, -0.2) is 27.8 Å². The second-order valence-corrected chi connectivity index (χ2v) is 7.21. The highest BCUT2D eigenvalue weighted by atomic mass is 16.1. The van der Waals surface area contributed by atoms with E-state index in [1.165, 1.54) is 5.56 Å². The largest absolute Gasteiger partial charge is 0.299 e. The molecule has 1 aromatic heterocycles. The molecule has 4 heteroatoms. The molecular weight excluding hydrogens is 334 g/mol. The molecule has 1 aliphatic heterocycles. The minimum Gasteiger partial charge on any atom is -0.299 e. The van der Waals surface area contributed by atoms with Crippen LogP contribution in [0.2, 0.25) is 0 Å². The van der Waals surface area contributed by atoms with Gasteiger partial charge in [-0.25, -0.2) is 4.68 Å². The van der Waals surface area contributed by atoms with E-state index in [0.29, 0.717) is 0 Å². The van der Waals surface area contributed by atoms with Gasteiger partial charge in [0.15, 0.2) is 0 Å². The smallest absolute Gasteiger partial charge is 0.274 e. The van der Waals surface area contributed by atoms with Crippen molar-refractivity contribution in [3.8, 4) is 11.1 Å². The average Bonchev–Trinajstić information content (AvgIpc) is 2.95. The zero-order valence-corrected chi connectivity index (χ0v) is 15.5. The van der Waals surface area contributed by atoms with Crippen LogP contribution < -0.4 is 5.56 Å². The normalized spacial score (nSPS) is 18.1. The molecule has 1 unspecified atom stereocenters. The predicted octanol–water partition coefficient (Wildman–Crippen LogP) is 4.14. The van der Waals surface area contributed by atoms with Crippen molar-refractivity contribution >= 4 is 0 Å². The number of likely N-dealkylation sites (tertiary alicyclic amines) is 1. The van der Waals surface area contributed by atoms with Crippen molar-refractivity contribution < 1.29 is 0 Å². The number of hydrogen-bond acceptors (Lipinski definition) is 3. The van der Waals surface area contributed by atoms with Crippen LogP contribution in [0.25, 0.3) is 11.1 Å². The van der Waals surface area contributed by atoms with E-state index in [2.05, 4.69) is 40.3 Å². The van der Waals surface area contributed by atoms with Gasteiger partial charge in [0.05, 0.1) is 11.6 Å². The highest BCUT2D eigenvalue weighted by molar-refractivity contribution is 5.61. The Morgan fingerprint density at radius 1 is 0.889 bits per heavy atom. The van der Waals surface area contributed by atoms with Gasteiger partial charge < -0.3 is 0 Å². The van der Waals surface area contributed by atoms with Crippen LogP contribution in [0.3, 0.4) is 0 Å². The van der Waals surface area contributed by atoms with Gasteiger partial charge in [-0.15, -0.1) is 0 Å². The third-order valence-electron chi connectivity index (χ3n) is 5.34. The van der Waals surface area contributed by atoms with Crippen LogP contribution in [0.15, 0.2) is 77.7 Å².